The Labute approximate surface area is 400 Å². The lowest BCUT2D eigenvalue weighted by molar-refractivity contribution is -0.144. The molecule has 0 radical (unpaired) electrons. The van der Waals surface area contributed by atoms with Gasteiger partial charge in [0, 0.05) is 46.4 Å². The minimum atomic E-state index is -5.08. The van der Waals surface area contributed by atoms with Gasteiger partial charge in [-0.3, -0.25) is 24.2 Å². The molecule has 10 rings (SSSR count). The smallest absolute Gasteiger partial charge is 0.416 e. The van der Waals surface area contributed by atoms with Crippen molar-refractivity contribution in [1.82, 2.24) is 0 Å². The summed E-state index contributed by atoms with van der Waals surface area (Å²) in [6.45, 7) is 2.74. The summed E-state index contributed by atoms with van der Waals surface area (Å²) in [5.74, 6) is -2.93. The van der Waals surface area contributed by atoms with Crippen molar-refractivity contribution >= 4 is 34.9 Å². The van der Waals surface area contributed by atoms with E-state index in [0.717, 1.165) is 33.4 Å². The molecule has 6 aliphatic rings. The molecule has 6 unspecified atom stereocenters. The number of carbonyl (C=O) groups excluding carboxylic acids is 4. The average molecular weight is 1020 g/mol. The Morgan fingerprint density at radius 3 is 1.38 bits per heavy atom. The van der Waals surface area contributed by atoms with E-state index in [-0.39, 0.29) is 58.8 Å². The number of halogens is 12. The van der Waals surface area contributed by atoms with Gasteiger partial charge >= 0.3 is 30.7 Å². The van der Waals surface area contributed by atoms with Gasteiger partial charge in [-0.25, -0.2) is 4.79 Å². The van der Waals surface area contributed by atoms with Crippen LogP contribution in [0.2, 0.25) is 0 Å². The molecule has 2 fully saturated rings. The maximum atomic E-state index is 13.4. The first-order chi connectivity index (χ1) is 33.7. The number of allylic oxidation sites excluding steroid dienone is 1. The highest BCUT2D eigenvalue weighted by molar-refractivity contribution is 6.09. The van der Waals surface area contributed by atoms with E-state index in [1.807, 2.05) is 48.5 Å². The lowest BCUT2D eigenvalue weighted by Crippen LogP contribution is -2.36. The third-order valence-electron chi connectivity index (χ3n) is 13.3. The number of Topliss-reactive ketones (excluding diaryl/α,β-unsaturated/α-hetero) is 1. The fraction of sp³-hybridized carbons (Fsp3) is 0.294. The summed E-state index contributed by atoms with van der Waals surface area (Å²) in [6, 6.07) is 17.0. The predicted molar refractivity (Wildman–Crippen MR) is 230 cm³/mol. The van der Waals surface area contributed by atoms with E-state index < -0.39 is 94.7 Å². The number of nitrogens with zero attached hydrogens (tertiary/aromatic N) is 2. The Hall–Kier alpha value is -7.32. The van der Waals surface area contributed by atoms with Crippen LogP contribution in [0.25, 0.3) is 0 Å². The number of hydrogen-bond donors (Lipinski definition) is 0. The predicted octanol–water partition coefficient (Wildman–Crippen LogP) is 11.9. The van der Waals surface area contributed by atoms with Crippen LogP contribution < -0.4 is 9.80 Å². The van der Waals surface area contributed by atoms with Crippen molar-refractivity contribution in [3.63, 3.8) is 0 Å². The van der Waals surface area contributed by atoms with E-state index in [4.69, 9.17) is 14.2 Å². The first kappa shape index (κ1) is 49.7. The summed E-state index contributed by atoms with van der Waals surface area (Å²) in [5, 5.41) is 0. The number of amides is 2. The van der Waals surface area contributed by atoms with Gasteiger partial charge < -0.3 is 14.2 Å². The number of ether oxygens (including phenoxy) is 3. The van der Waals surface area contributed by atoms with Crippen molar-refractivity contribution in [3.8, 4) is 0 Å². The van der Waals surface area contributed by atoms with E-state index in [2.05, 4.69) is 0 Å². The molecule has 0 aromatic heterocycles. The fourth-order valence-corrected chi connectivity index (χ4v) is 9.88. The first-order valence-electron chi connectivity index (χ1n) is 21.9. The Morgan fingerprint density at radius 1 is 0.514 bits per heavy atom. The molecule has 376 valence electrons. The molecule has 72 heavy (non-hydrogen) atoms. The van der Waals surface area contributed by atoms with Gasteiger partial charge in [0.2, 0.25) is 0 Å². The monoisotopic (exact) mass is 1020 g/mol. The molecule has 21 heteroatoms. The van der Waals surface area contributed by atoms with Crippen LogP contribution in [0.15, 0.2) is 132 Å². The first-order valence-corrected chi connectivity index (χ1v) is 21.9. The molecule has 6 atom stereocenters. The Bertz CT molecular complexity index is 2790. The number of esters is 1. The highest BCUT2D eigenvalue weighted by Crippen LogP contribution is 2.51. The van der Waals surface area contributed by atoms with Crippen LogP contribution in [0.4, 0.5) is 64.1 Å². The summed E-state index contributed by atoms with van der Waals surface area (Å²) >= 11 is 0. The molecule has 9 nitrogen and oxygen atoms in total. The van der Waals surface area contributed by atoms with E-state index >= 15 is 0 Å². The normalized spacial score (nSPS) is 24.8. The highest BCUT2D eigenvalue weighted by Gasteiger charge is 2.48. The van der Waals surface area contributed by atoms with Gasteiger partial charge in [0.05, 0.1) is 40.4 Å². The lowest BCUT2D eigenvalue weighted by atomic mass is 9.95. The highest BCUT2D eigenvalue weighted by atomic mass is 19.4. The van der Waals surface area contributed by atoms with Crippen LogP contribution in [0.5, 0.6) is 0 Å². The minimum Gasteiger partial charge on any atom is -0.474 e. The molecular formula is C51H36F12N2O7. The van der Waals surface area contributed by atoms with Gasteiger partial charge in [0.25, 0.3) is 11.8 Å². The third-order valence-corrected chi connectivity index (χ3v) is 13.3. The zero-order valence-electron chi connectivity index (χ0n) is 37.3. The Kier molecular flexibility index (Phi) is 12.2. The van der Waals surface area contributed by atoms with Crippen molar-refractivity contribution in [2.45, 2.75) is 82.3 Å². The van der Waals surface area contributed by atoms with Crippen LogP contribution >= 0.6 is 0 Å². The van der Waals surface area contributed by atoms with Crippen molar-refractivity contribution in [2.24, 2.45) is 11.8 Å². The van der Waals surface area contributed by atoms with E-state index in [1.165, 1.54) is 32.3 Å². The molecule has 3 aliphatic carbocycles. The number of hydrogen-bond acceptors (Lipinski definition) is 7. The van der Waals surface area contributed by atoms with Gasteiger partial charge in [0.15, 0.2) is 18.2 Å². The summed E-state index contributed by atoms with van der Waals surface area (Å²) in [6.07, 6.45) is -17.3. The van der Waals surface area contributed by atoms with Gasteiger partial charge in [0.1, 0.15) is 6.10 Å². The maximum absolute atomic E-state index is 13.4. The van der Waals surface area contributed by atoms with Gasteiger partial charge in [-0.05, 0) is 103 Å². The molecule has 4 aromatic carbocycles. The van der Waals surface area contributed by atoms with Crippen LogP contribution in [-0.4, -0.2) is 36.0 Å². The molecule has 0 bridgehead atoms. The molecule has 1 saturated carbocycles. The van der Waals surface area contributed by atoms with Crippen LogP contribution in [-0.2, 0) is 70.9 Å². The van der Waals surface area contributed by atoms with Crippen LogP contribution in [0, 0.1) is 11.8 Å². The third kappa shape index (κ3) is 9.24. The second-order valence-electron chi connectivity index (χ2n) is 17.9. The number of carbonyl (C=O) groups is 4. The van der Waals surface area contributed by atoms with Crippen molar-refractivity contribution in [1.29, 1.82) is 0 Å². The fourth-order valence-electron chi connectivity index (χ4n) is 9.88. The summed E-state index contributed by atoms with van der Waals surface area (Å²) < 4.78 is 177. The van der Waals surface area contributed by atoms with Crippen molar-refractivity contribution in [3.05, 3.63) is 176 Å². The van der Waals surface area contributed by atoms with E-state index in [0.29, 0.717) is 47.6 Å². The molecular weight excluding hydrogens is 981 g/mol. The molecule has 2 amide bonds. The maximum Gasteiger partial charge on any atom is 0.416 e. The van der Waals surface area contributed by atoms with E-state index in [9.17, 15) is 71.9 Å². The number of ketones is 1. The standard InChI is InChI=1S/C26H19F6NO3.C25H17F6NO4/c1-13-6-23(36-12-21-19-7-14-4-2-3-5-18(14)20(19)11-22(21)34)33(24(13)35)17-9-15(25(27,28)29)8-16(10-17)26(30,31)32;1-12-6-20(35-11-19-18-7-13-4-2-3-5-17(13)21(18)36-23(19)34)32(22(12)33)16-9-14(24(26,27)28)8-15(10-16)25(29,30)31/h2-6,8-10,12,19-20,23H,7,11H2,1H3;2-6,8-11,18,20-21H,7H2,1H3/b21-12+;19-11+. The number of rotatable bonds is 6. The molecule has 0 spiro atoms. The topological polar surface area (TPSA) is 102 Å². The molecule has 4 aromatic rings. The Balaban J connectivity index is 0.000000178. The number of fused-ring (bicyclic) bond motifs is 6. The molecule has 0 N–H and O–H groups in total. The zero-order chi connectivity index (χ0) is 52.0. The largest absolute Gasteiger partial charge is 0.474 e. The zero-order valence-corrected chi connectivity index (χ0v) is 37.3. The summed E-state index contributed by atoms with van der Waals surface area (Å²) in [5.41, 5.74) is -2.71. The number of benzene rings is 4. The van der Waals surface area contributed by atoms with Gasteiger partial charge in [-0.15, -0.1) is 0 Å². The second kappa shape index (κ2) is 17.8. The number of anilines is 2. The Morgan fingerprint density at radius 2 is 0.917 bits per heavy atom. The average Bonchev–Trinajstić information content (AvgIpc) is 4.12. The molecule has 1 saturated heterocycles. The van der Waals surface area contributed by atoms with Crippen molar-refractivity contribution < 1.29 is 86.1 Å². The summed E-state index contributed by atoms with van der Waals surface area (Å²) in [4.78, 5) is 52.1. The lowest BCUT2D eigenvalue weighted by Gasteiger charge is -2.26. The van der Waals surface area contributed by atoms with Gasteiger partial charge in [-0.1, -0.05) is 48.5 Å². The van der Waals surface area contributed by atoms with Gasteiger partial charge in [-0.2, -0.15) is 52.7 Å². The quantitative estimate of drug-likeness (QED) is 0.0820. The minimum absolute atomic E-state index is 0.00271. The van der Waals surface area contributed by atoms with Crippen molar-refractivity contribution in [2.75, 3.05) is 9.80 Å². The van der Waals surface area contributed by atoms with Crippen LogP contribution in [0.1, 0.15) is 76.8 Å². The number of alkyl halides is 12. The second-order valence-corrected chi connectivity index (χ2v) is 17.9. The summed E-state index contributed by atoms with van der Waals surface area (Å²) in [7, 11) is 0. The molecule has 3 aliphatic heterocycles. The van der Waals surface area contributed by atoms with Crippen LogP contribution in [0.3, 0.4) is 0 Å². The SMILES string of the molecule is CC1=CC(O/C=C2/C(=O)CC3c4ccccc4CC23)N(c2cc(C(F)(F)F)cc(C(F)(F)F)c2)C1=O.CC1=CC(O/C=C2/C(=O)OC3c4ccccc4CC23)N(c2cc(C(F)(F)F)cc(C(F)(F)F)c2)C1=O. The van der Waals surface area contributed by atoms with E-state index in [1.54, 1.807) is 0 Å². The molecule has 3 heterocycles.